The molecule has 0 aromatic rings. The van der Waals surface area contributed by atoms with Gasteiger partial charge in [-0.15, -0.1) is 0 Å². The fraction of sp³-hybridized carbons (Fsp3) is 0.988. The number of nitrogens with one attached hydrogen (secondary N) is 1. The summed E-state index contributed by atoms with van der Waals surface area (Å²) in [6, 6.07) is -0.798. The van der Waals surface area contributed by atoms with Crippen LogP contribution in [-0.2, 0) is 18.4 Å². The minimum atomic E-state index is -4.58. The second-order valence-electron chi connectivity index (χ2n) is 30.2. The molecule has 0 aromatic heterocycles. The van der Waals surface area contributed by atoms with Gasteiger partial charge in [0.25, 0.3) is 7.82 Å². The van der Waals surface area contributed by atoms with Crippen LogP contribution in [0.3, 0.4) is 0 Å². The number of rotatable bonds is 79. The molecule has 2 N–H and O–H groups in total. The summed E-state index contributed by atoms with van der Waals surface area (Å²) in [4.78, 5) is 25.8. The number of nitrogens with zero attached hydrogens (tertiary/aromatic N) is 1. The molecule has 0 heterocycles. The first-order chi connectivity index (χ1) is 44.0. The number of likely N-dealkylation sites (N-methyl/N-ethyl adjacent to an activating group) is 1. The van der Waals surface area contributed by atoms with Crippen molar-refractivity contribution in [3.63, 3.8) is 0 Å². The molecule has 0 rings (SSSR count). The Balaban J connectivity index is 3.85. The highest BCUT2D eigenvalue weighted by molar-refractivity contribution is 7.45. The summed E-state index contributed by atoms with van der Waals surface area (Å²) in [5.41, 5.74) is 0. The van der Waals surface area contributed by atoms with Gasteiger partial charge in [0.2, 0.25) is 5.91 Å². The van der Waals surface area contributed by atoms with Gasteiger partial charge in [-0.05, 0) is 12.8 Å². The fourth-order valence-electron chi connectivity index (χ4n) is 13.5. The molecule has 90 heavy (non-hydrogen) atoms. The molecule has 0 radical (unpaired) electrons. The SMILES string of the molecule is CCCCCCCCCCCCCCCCCCCCCCCCCCCCCCCCCCCCCCCCCC(=O)NC(COP(=O)([O-])OCC[N+](C)(C)C)C(O)CCCCCCCCCCCCCCCCCCCCCCCCCCCCCCC. The van der Waals surface area contributed by atoms with E-state index in [0.29, 0.717) is 23.9 Å². The van der Waals surface area contributed by atoms with Gasteiger partial charge in [-0.3, -0.25) is 9.36 Å². The maximum atomic E-state index is 13.1. The number of hydrogen-bond acceptors (Lipinski definition) is 6. The van der Waals surface area contributed by atoms with Crippen LogP contribution in [0.15, 0.2) is 0 Å². The third kappa shape index (κ3) is 74.9. The largest absolute Gasteiger partial charge is 0.756 e. The average Bonchev–Trinajstić information content (AvgIpc) is 3.72. The van der Waals surface area contributed by atoms with Crippen LogP contribution in [0.5, 0.6) is 0 Å². The highest BCUT2D eigenvalue weighted by Gasteiger charge is 2.24. The standard InChI is InChI=1S/C81H165N2O6P/c1-6-8-10-12-14-16-18-20-22-24-26-28-30-32-34-36-37-38-39-40-41-42-43-44-45-47-49-51-53-55-57-59-61-63-65-67-69-71-73-75-81(85)82-79(78-89-90(86,87)88-77-76-83(3,4)5)80(84)74-72-70-68-66-64-62-60-58-56-54-52-50-48-46-35-33-31-29-27-25-23-21-19-17-15-13-11-9-7-2/h79-80,84H,6-78H2,1-5H3,(H-,82,85,86,87). The van der Waals surface area contributed by atoms with Crippen molar-refractivity contribution in [1.82, 2.24) is 5.32 Å². The molecule has 0 aliphatic heterocycles. The van der Waals surface area contributed by atoms with Crippen LogP contribution < -0.4 is 10.2 Å². The van der Waals surface area contributed by atoms with E-state index in [1.807, 2.05) is 21.1 Å². The summed E-state index contributed by atoms with van der Waals surface area (Å²) in [5.74, 6) is -0.151. The third-order valence-electron chi connectivity index (χ3n) is 19.8. The van der Waals surface area contributed by atoms with Crippen molar-refractivity contribution in [2.75, 3.05) is 40.9 Å². The zero-order valence-corrected chi connectivity index (χ0v) is 63.1. The molecule has 540 valence electrons. The first-order valence-electron chi connectivity index (χ1n) is 41.4. The van der Waals surface area contributed by atoms with Crippen LogP contribution >= 0.6 is 7.82 Å². The molecule has 0 saturated heterocycles. The second kappa shape index (κ2) is 72.8. The highest BCUT2D eigenvalue weighted by Crippen LogP contribution is 2.38. The summed E-state index contributed by atoms with van der Waals surface area (Å²) in [5, 5.41) is 14.2. The van der Waals surface area contributed by atoms with E-state index in [1.54, 1.807) is 0 Å². The maximum absolute atomic E-state index is 13.1. The summed E-state index contributed by atoms with van der Waals surface area (Å²) in [7, 11) is 1.34. The maximum Gasteiger partial charge on any atom is 0.268 e. The second-order valence-corrected chi connectivity index (χ2v) is 31.6. The lowest BCUT2D eigenvalue weighted by molar-refractivity contribution is -0.870. The average molecular weight is 1290 g/mol. The summed E-state index contributed by atoms with van der Waals surface area (Å²) in [6.07, 6.45) is 93.9. The van der Waals surface area contributed by atoms with Gasteiger partial charge in [-0.25, -0.2) is 0 Å². The Labute approximate surface area is 565 Å². The Morgan fingerprint density at radius 3 is 0.756 bits per heavy atom. The lowest BCUT2D eigenvalue weighted by atomic mass is 10.0. The number of quaternary nitrogens is 1. The summed E-state index contributed by atoms with van der Waals surface area (Å²) in [6.45, 7) is 4.81. The lowest BCUT2D eigenvalue weighted by Crippen LogP contribution is -2.46. The molecule has 3 unspecified atom stereocenters. The zero-order chi connectivity index (χ0) is 65.5. The van der Waals surface area contributed by atoms with Gasteiger partial charge in [-0.2, -0.15) is 0 Å². The van der Waals surface area contributed by atoms with E-state index in [0.717, 1.165) is 38.5 Å². The molecule has 0 aliphatic carbocycles. The molecule has 0 aromatic carbocycles. The van der Waals surface area contributed by atoms with Crippen molar-refractivity contribution in [3.05, 3.63) is 0 Å². The van der Waals surface area contributed by atoms with E-state index in [4.69, 9.17) is 9.05 Å². The molecule has 0 spiro atoms. The predicted octanol–water partition coefficient (Wildman–Crippen LogP) is 26.4. The first kappa shape index (κ1) is 89.5. The Hall–Kier alpha value is -0.500. The van der Waals surface area contributed by atoms with Crippen LogP contribution in [0, 0.1) is 0 Å². The van der Waals surface area contributed by atoms with E-state index in [1.165, 1.54) is 398 Å². The Bertz CT molecular complexity index is 1430. The van der Waals surface area contributed by atoms with E-state index >= 15 is 0 Å². The molecule has 0 saturated carbocycles. The van der Waals surface area contributed by atoms with Crippen LogP contribution in [0.4, 0.5) is 0 Å². The van der Waals surface area contributed by atoms with Crippen molar-refractivity contribution in [3.8, 4) is 0 Å². The van der Waals surface area contributed by atoms with E-state index in [9.17, 15) is 19.4 Å². The molecular formula is C81H165N2O6P. The number of phosphoric ester groups is 1. The van der Waals surface area contributed by atoms with Gasteiger partial charge in [0.15, 0.2) is 0 Å². The molecule has 0 bridgehead atoms. The van der Waals surface area contributed by atoms with Crippen molar-refractivity contribution in [2.24, 2.45) is 0 Å². The van der Waals surface area contributed by atoms with Gasteiger partial charge in [-0.1, -0.05) is 444 Å². The van der Waals surface area contributed by atoms with Crippen LogP contribution in [0.2, 0.25) is 0 Å². The number of aliphatic hydroxyl groups excluding tert-OH is 1. The smallest absolute Gasteiger partial charge is 0.268 e. The fourth-order valence-corrected chi connectivity index (χ4v) is 14.2. The van der Waals surface area contributed by atoms with Gasteiger partial charge < -0.3 is 28.8 Å². The van der Waals surface area contributed by atoms with Crippen LogP contribution in [0.1, 0.15) is 463 Å². The van der Waals surface area contributed by atoms with Crippen molar-refractivity contribution in [1.29, 1.82) is 0 Å². The molecule has 9 heteroatoms. The number of amides is 1. The topological polar surface area (TPSA) is 108 Å². The summed E-state index contributed by atoms with van der Waals surface area (Å²) >= 11 is 0. The van der Waals surface area contributed by atoms with Gasteiger partial charge in [0.1, 0.15) is 13.2 Å². The lowest BCUT2D eigenvalue weighted by Gasteiger charge is -2.30. The van der Waals surface area contributed by atoms with Crippen molar-refractivity contribution in [2.45, 2.75) is 475 Å². The van der Waals surface area contributed by atoms with Crippen molar-refractivity contribution < 1.29 is 32.9 Å². The number of aliphatic hydroxyl groups is 1. The molecule has 1 amide bonds. The van der Waals surface area contributed by atoms with E-state index in [-0.39, 0.29) is 19.1 Å². The summed E-state index contributed by atoms with van der Waals surface area (Å²) < 4.78 is 23.6. The first-order valence-corrected chi connectivity index (χ1v) is 42.8. The minimum Gasteiger partial charge on any atom is -0.756 e. The normalized spacial score (nSPS) is 13.4. The van der Waals surface area contributed by atoms with Gasteiger partial charge >= 0.3 is 0 Å². The zero-order valence-electron chi connectivity index (χ0n) is 62.2. The van der Waals surface area contributed by atoms with E-state index in [2.05, 4.69) is 19.2 Å². The Kier molecular flexibility index (Phi) is 72.4. The minimum absolute atomic E-state index is 0.0172. The van der Waals surface area contributed by atoms with Gasteiger partial charge in [0.05, 0.1) is 39.9 Å². The number of phosphoric acid groups is 1. The van der Waals surface area contributed by atoms with Gasteiger partial charge in [0, 0.05) is 6.42 Å². The molecule has 0 aliphatic rings. The molecule has 0 fully saturated rings. The molecule has 3 atom stereocenters. The van der Waals surface area contributed by atoms with Crippen molar-refractivity contribution >= 4 is 13.7 Å². The number of carbonyl (C=O) groups excluding carboxylic acids is 1. The number of hydrogen-bond donors (Lipinski definition) is 2. The number of unbranched alkanes of at least 4 members (excludes halogenated alkanes) is 66. The highest BCUT2D eigenvalue weighted by atomic mass is 31.2. The monoisotopic (exact) mass is 1290 g/mol. The quantitative estimate of drug-likeness (QED) is 0.0357. The number of carbonyl (C=O) groups is 1. The third-order valence-corrected chi connectivity index (χ3v) is 20.8. The predicted molar refractivity (Wildman–Crippen MR) is 395 cm³/mol. The Morgan fingerprint density at radius 2 is 0.544 bits per heavy atom. The van der Waals surface area contributed by atoms with Crippen LogP contribution in [-0.4, -0.2) is 68.5 Å². The van der Waals surface area contributed by atoms with E-state index < -0.39 is 20.0 Å². The van der Waals surface area contributed by atoms with Crippen LogP contribution in [0.25, 0.3) is 0 Å². The molecular weight excluding hydrogens is 1130 g/mol. The molecule has 8 nitrogen and oxygen atoms in total. The Morgan fingerprint density at radius 1 is 0.344 bits per heavy atom.